The number of aliphatic hydroxyl groups excluding tert-OH is 2. The van der Waals surface area contributed by atoms with Gasteiger partial charge in [0, 0.05) is 31.5 Å². The Bertz CT molecular complexity index is 252. The van der Waals surface area contributed by atoms with Crippen molar-refractivity contribution in [3.8, 4) is 0 Å². The molecule has 2 atom stereocenters. The van der Waals surface area contributed by atoms with Crippen LogP contribution in [0.1, 0.15) is 5.69 Å². The molecule has 2 unspecified atom stereocenters. The van der Waals surface area contributed by atoms with Crippen LogP contribution in [0.2, 0.25) is 0 Å². The highest BCUT2D eigenvalue weighted by atomic mass is 16.3. The summed E-state index contributed by atoms with van der Waals surface area (Å²) in [5.74, 6) is 0. The lowest BCUT2D eigenvalue weighted by atomic mass is 10.3. The van der Waals surface area contributed by atoms with Gasteiger partial charge in [-0.15, -0.1) is 0 Å². The first kappa shape index (κ1) is 8.68. The fraction of sp³-hybridized carbons (Fsp3) is 0.625. The van der Waals surface area contributed by atoms with E-state index < -0.39 is 12.2 Å². The summed E-state index contributed by atoms with van der Waals surface area (Å²) in [5.41, 5.74) is 1.00. The summed E-state index contributed by atoms with van der Waals surface area (Å²) in [5, 5.41) is 25.2. The van der Waals surface area contributed by atoms with Crippen LogP contribution < -0.4 is 0 Å². The minimum Gasteiger partial charge on any atom is -0.389 e. The lowest BCUT2D eigenvalue weighted by molar-refractivity contribution is 0.0572. The molecule has 0 radical (unpaired) electrons. The zero-order valence-electron chi connectivity index (χ0n) is 7.22. The molecule has 0 saturated carbocycles. The maximum Gasteiger partial charge on any atom is 0.0938 e. The van der Waals surface area contributed by atoms with E-state index in [0.717, 1.165) is 5.69 Å². The second-order valence-electron chi connectivity index (χ2n) is 3.41. The van der Waals surface area contributed by atoms with Crippen LogP contribution in [-0.2, 0) is 6.54 Å². The highest BCUT2D eigenvalue weighted by molar-refractivity contribution is 4.98. The van der Waals surface area contributed by atoms with Crippen molar-refractivity contribution >= 4 is 0 Å². The number of nitrogens with zero attached hydrogens (tertiary/aromatic N) is 2. The Morgan fingerprint density at radius 3 is 2.69 bits per heavy atom. The topological polar surface area (TPSA) is 72.4 Å². The van der Waals surface area contributed by atoms with E-state index in [9.17, 15) is 10.2 Å². The molecular formula is C8H13N3O2. The first-order chi connectivity index (χ1) is 6.25. The standard InChI is InChI=1S/C8H13N3O2/c12-7-4-11(5-8(7)13)3-6-1-2-9-10-6/h1-2,7-8,12-13H,3-5H2,(H,9,10). The van der Waals surface area contributed by atoms with Crippen molar-refractivity contribution < 1.29 is 10.2 Å². The van der Waals surface area contributed by atoms with Crippen LogP contribution in [0.5, 0.6) is 0 Å². The minimum atomic E-state index is -0.608. The summed E-state index contributed by atoms with van der Waals surface area (Å²) in [6, 6.07) is 1.89. The molecule has 2 heterocycles. The van der Waals surface area contributed by atoms with Gasteiger partial charge in [0.25, 0.3) is 0 Å². The second kappa shape index (κ2) is 3.45. The van der Waals surface area contributed by atoms with E-state index in [-0.39, 0.29) is 0 Å². The molecule has 1 aromatic rings. The Balaban J connectivity index is 1.91. The molecule has 0 bridgehead atoms. The van der Waals surface area contributed by atoms with Crippen molar-refractivity contribution in [1.82, 2.24) is 15.1 Å². The lowest BCUT2D eigenvalue weighted by Crippen LogP contribution is -2.22. The molecule has 0 spiro atoms. The largest absolute Gasteiger partial charge is 0.389 e. The van der Waals surface area contributed by atoms with Crippen LogP contribution >= 0.6 is 0 Å². The summed E-state index contributed by atoms with van der Waals surface area (Å²) < 4.78 is 0. The Morgan fingerprint density at radius 1 is 1.46 bits per heavy atom. The number of aromatic amines is 1. The average molecular weight is 183 g/mol. The highest BCUT2D eigenvalue weighted by Crippen LogP contribution is 2.12. The molecule has 0 amide bonds. The van der Waals surface area contributed by atoms with E-state index >= 15 is 0 Å². The van der Waals surface area contributed by atoms with E-state index in [0.29, 0.717) is 19.6 Å². The molecule has 0 aliphatic carbocycles. The van der Waals surface area contributed by atoms with E-state index in [2.05, 4.69) is 10.2 Å². The van der Waals surface area contributed by atoms with Crippen molar-refractivity contribution in [2.75, 3.05) is 13.1 Å². The zero-order chi connectivity index (χ0) is 9.26. The predicted molar refractivity (Wildman–Crippen MR) is 45.9 cm³/mol. The van der Waals surface area contributed by atoms with Gasteiger partial charge in [0.1, 0.15) is 0 Å². The molecule has 1 fully saturated rings. The van der Waals surface area contributed by atoms with Gasteiger partial charge in [0.2, 0.25) is 0 Å². The third-order valence-electron chi connectivity index (χ3n) is 2.29. The second-order valence-corrected chi connectivity index (χ2v) is 3.41. The van der Waals surface area contributed by atoms with Crippen LogP contribution in [-0.4, -0.2) is 50.6 Å². The number of aliphatic hydroxyl groups is 2. The summed E-state index contributed by atoms with van der Waals surface area (Å²) in [7, 11) is 0. The third kappa shape index (κ3) is 1.88. The molecule has 0 aromatic carbocycles. The van der Waals surface area contributed by atoms with Gasteiger partial charge in [-0.1, -0.05) is 0 Å². The third-order valence-corrected chi connectivity index (χ3v) is 2.29. The number of nitrogens with one attached hydrogen (secondary N) is 1. The molecular weight excluding hydrogens is 170 g/mol. The van der Waals surface area contributed by atoms with Crippen LogP contribution in [0.4, 0.5) is 0 Å². The van der Waals surface area contributed by atoms with Crippen LogP contribution in [0.15, 0.2) is 12.3 Å². The van der Waals surface area contributed by atoms with Crippen molar-refractivity contribution in [2.24, 2.45) is 0 Å². The van der Waals surface area contributed by atoms with Crippen LogP contribution in [0, 0.1) is 0 Å². The first-order valence-corrected chi connectivity index (χ1v) is 4.32. The normalized spacial score (nSPS) is 29.7. The molecule has 1 saturated heterocycles. The van der Waals surface area contributed by atoms with Gasteiger partial charge in [0.15, 0.2) is 0 Å². The lowest BCUT2D eigenvalue weighted by Gasteiger charge is -2.12. The Kier molecular flexibility index (Phi) is 2.30. The van der Waals surface area contributed by atoms with Gasteiger partial charge < -0.3 is 10.2 Å². The summed E-state index contributed by atoms with van der Waals surface area (Å²) >= 11 is 0. The quantitative estimate of drug-likeness (QED) is 0.547. The fourth-order valence-electron chi connectivity index (χ4n) is 1.59. The van der Waals surface area contributed by atoms with E-state index in [1.165, 1.54) is 0 Å². The Labute approximate surface area is 76.0 Å². The number of rotatable bonds is 2. The van der Waals surface area contributed by atoms with Gasteiger partial charge in [-0.05, 0) is 6.07 Å². The maximum absolute atomic E-state index is 9.28. The van der Waals surface area contributed by atoms with Crippen molar-refractivity contribution in [3.63, 3.8) is 0 Å². The summed E-state index contributed by atoms with van der Waals surface area (Å²) in [6.45, 7) is 1.76. The van der Waals surface area contributed by atoms with E-state index in [1.54, 1.807) is 6.20 Å². The Morgan fingerprint density at radius 2 is 2.15 bits per heavy atom. The molecule has 1 aromatic heterocycles. The Hall–Kier alpha value is -0.910. The first-order valence-electron chi connectivity index (χ1n) is 4.32. The number of hydrogen-bond donors (Lipinski definition) is 3. The monoisotopic (exact) mass is 183 g/mol. The van der Waals surface area contributed by atoms with Crippen molar-refractivity contribution in [2.45, 2.75) is 18.8 Å². The summed E-state index contributed by atoms with van der Waals surface area (Å²) in [6.07, 6.45) is 0.476. The van der Waals surface area contributed by atoms with Gasteiger partial charge >= 0.3 is 0 Å². The highest BCUT2D eigenvalue weighted by Gasteiger charge is 2.29. The predicted octanol–water partition coefficient (Wildman–Crippen LogP) is -1.05. The van der Waals surface area contributed by atoms with Crippen LogP contribution in [0.3, 0.4) is 0 Å². The SMILES string of the molecule is OC1CN(Cc2ccn[nH]2)CC1O. The maximum atomic E-state index is 9.28. The molecule has 2 rings (SSSR count). The number of likely N-dealkylation sites (tertiary alicyclic amines) is 1. The van der Waals surface area contributed by atoms with Crippen LogP contribution in [0.25, 0.3) is 0 Å². The molecule has 1 aliphatic rings. The molecule has 13 heavy (non-hydrogen) atoms. The van der Waals surface area contributed by atoms with E-state index in [4.69, 9.17) is 0 Å². The minimum absolute atomic E-state index is 0.528. The number of H-pyrrole nitrogens is 1. The number of hydrogen-bond acceptors (Lipinski definition) is 4. The molecule has 1 aliphatic heterocycles. The average Bonchev–Trinajstić information content (AvgIpc) is 2.64. The number of aromatic nitrogens is 2. The molecule has 5 heteroatoms. The van der Waals surface area contributed by atoms with Gasteiger partial charge in [-0.25, -0.2) is 0 Å². The van der Waals surface area contributed by atoms with Gasteiger partial charge in [0.05, 0.1) is 12.2 Å². The van der Waals surface area contributed by atoms with Crippen molar-refractivity contribution in [3.05, 3.63) is 18.0 Å². The molecule has 3 N–H and O–H groups in total. The fourth-order valence-corrected chi connectivity index (χ4v) is 1.59. The van der Waals surface area contributed by atoms with E-state index in [1.807, 2.05) is 11.0 Å². The zero-order valence-corrected chi connectivity index (χ0v) is 7.22. The number of β-amino-alcohol motifs (C(OH)–C–C–N with tert-alkyl or cyclic N) is 2. The van der Waals surface area contributed by atoms with Gasteiger partial charge in [-0.2, -0.15) is 5.10 Å². The molecule has 5 nitrogen and oxygen atoms in total. The molecule has 72 valence electrons. The summed E-state index contributed by atoms with van der Waals surface area (Å²) in [4.78, 5) is 1.99. The smallest absolute Gasteiger partial charge is 0.0938 e. The van der Waals surface area contributed by atoms with Crippen molar-refractivity contribution in [1.29, 1.82) is 0 Å². The van der Waals surface area contributed by atoms with Gasteiger partial charge in [-0.3, -0.25) is 10.00 Å².